The number of nitrogens with zero attached hydrogens (tertiary/aromatic N) is 1. The van der Waals surface area contributed by atoms with Crippen molar-refractivity contribution >= 4 is 23.3 Å². The summed E-state index contributed by atoms with van der Waals surface area (Å²) in [7, 11) is 0. The minimum absolute atomic E-state index is 0.195. The molecule has 0 saturated heterocycles. The molecular weight excluding hydrogens is 410 g/mol. The maximum atomic E-state index is 13.6. The quantitative estimate of drug-likeness (QED) is 0.623. The molecule has 1 aromatic heterocycles. The van der Waals surface area contributed by atoms with Crippen LogP contribution in [0.15, 0.2) is 41.5 Å². The van der Waals surface area contributed by atoms with E-state index in [9.17, 15) is 18.4 Å². The van der Waals surface area contributed by atoms with Crippen LogP contribution in [0.5, 0.6) is 0 Å². The van der Waals surface area contributed by atoms with Crippen molar-refractivity contribution in [1.29, 1.82) is 0 Å². The number of nitrogens with one attached hydrogen (secondary N) is 1. The number of fused-ring (bicyclic) bond motifs is 1. The second-order valence-corrected chi connectivity index (χ2v) is 9.06. The van der Waals surface area contributed by atoms with Gasteiger partial charge in [-0.1, -0.05) is 12.7 Å². The zero-order chi connectivity index (χ0) is 22.7. The monoisotopic (exact) mass is 438 g/mol. The molecule has 5 nitrogen and oxygen atoms in total. The molecule has 1 N–H and O–H groups in total. The second-order valence-electron chi connectivity index (χ2n) is 8.09. The average Bonchev–Trinajstić information content (AvgIpc) is 3.05. The van der Waals surface area contributed by atoms with E-state index in [0.717, 1.165) is 17.4 Å². The summed E-state index contributed by atoms with van der Waals surface area (Å²) in [6.07, 6.45) is 3.97. The molecule has 1 aliphatic rings. The molecule has 2 amide bonds. The maximum Gasteiger partial charge on any atom is 0.410 e. The summed E-state index contributed by atoms with van der Waals surface area (Å²) in [6, 6.07) is 0. The van der Waals surface area contributed by atoms with Crippen molar-refractivity contribution in [1.82, 2.24) is 10.2 Å². The van der Waals surface area contributed by atoms with E-state index in [-0.39, 0.29) is 23.3 Å². The number of alkyl halides is 2. The highest BCUT2D eigenvalue weighted by molar-refractivity contribution is 7.10. The fourth-order valence-corrected chi connectivity index (χ4v) is 4.07. The van der Waals surface area contributed by atoms with E-state index in [2.05, 4.69) is 11.9 Å². The molecule has 1 aromatic rings. The van der Waals surface area contributed by atoms with Crippen LogP contribution in [0.3, 0.4) is 0 Å². The number of thiophene rings is 1. The van der Waals surface area contributed by atoms with Crippen molar-refractivity contribution < 1.29 is 23.1 Å². The van der Waals surface area contributed by atoms with E-state index in [1.165, 1.54) is 36.5 Å². The molecule has 0 bridgehead atoms. The van der Waals surface area contributed by atoms with Gasteiger partial charge in [-0.15, -0.1) is 11.3 Å². The van der Waals surface area contributed by atoms with Crippen molar-refractivity contribution in [3.05, 3.63) is 57.5 Å². The Labute approximate surface area is 180 Å². The molecular formula is C22H28F2N2O3S. The molecule has 164 valence electrons. The normalized spacial score (nSPS) is 15.5. The largest absolute Gasteiger partial charge is 0.444 e. The third-order valence-corrected chi connectivity index (χ3v) is 5.46. The smallest absolute Gasteiger partial charge is 0.410 e. The van der Waals surface area contributed by atoms with Crippen molar-refractivity contribution in [2.45, 2.75) is 59.1 Å². The van der Waals surface area contributed by atoms with E-state index < -0.39 is 11.5 Å². The van der Waals surface area contributed by atoms with Gasteiger partial charge in [0.1, 0.15) is 5.60 Å². The van der Waals surface area contributed by atoms with Crippen LogP contribution in [0.2, 0.25) is 0 Å². The maximum absolute atomic E-state index is 13.6. The van der Waals surface area contributed by atoms with Gasteiger partial charge in [0.15, 0.2) is 0 Å². The Hall–Kier alpha value is -2.48. The van der Waals surface area contributed by atoms with Crippen molar-refractivity contribution in [3.8, 4) is 0 Å². The Morgan fingerprint density at radius 3 is 2.50 bits per heavy atom. The molecule has 0 fully saturated rings. The van der Waals surface area contributed by atoms with Gasteiger partial charge < -0.3 is 15.0 Å². The lowest BCUT2D eigenvalue weighted by Gasteiger charge is -2.30. The van der Waals surface area contributed by atoms with Crippen LogP contribution in [-0.4, -0.2) is 35.0 Å². The molecule has 30 heavy (non-hydrogen) atoms. The van der Waals surface area contributed by atoms with Crippen LogP contribution in [0, 0.1) is 0 Å². The highest BCUT2D eigenvalue weighted by Gasteiger charge is 2.29. The molecule has 0 radical (unpaired) electrons. The van der Waals surface area contributed by atoms with Gasteiger partial charge in [0.05, 0.1) is 12.1 Å². The van der Waals surface area contributed by atoms with Gasteiger partial charge in [-0.25, -0.2) is 13.6 Å². The summed E-state index contributed by atoms with van der Waals surface area (Å²) in [6.45, 7) is 12.2. The van der Waals surface area contributed by atoms with Gasteiger partial charge in [-0.3, -0.25) is 4.79 Å². The number of carbonyl (C=O) groups is 2. The topological polar surface area (TPSA) is 58.6 Å². The number of halogens is 2. The Morgan fingerprint density at radius 2 is 1.97 bits per heavy atom. The molecule has 0 saturated carbocycles. The Bertz CT molecular complexity index is 889. The molecule has 0 atom stereocenters. The fraction of sp³-hybridized carbons (Fsp3) is 0.455. The number of amides is 2. The number of ether oxygens (including phenoxy) is 1. The van der Waals surface area contributed by atoms with Gasteiger partial charge in [0.2, 0.25) is 0 Å². The number of hydrogen-bond acceptors (Lipinski definition) is 4. The van der Waals surface area contributed by atoms with Gasteiger partial charge in [0.25, 0.3) is 11.8 Å². The van der Waals surface area contributed by atoms with Gasteiger partial charge in [0, 0.05) is 35.0 Å². The lowest BCUT2D eigenvalue weighted by atomic mass is 10.0. The van der Waals surface area contributed by atoms with E-state index in [0.29, 0.717) is 25.1 Å². The summed E-state index contributed by atoms with van der Waals surface area (Å²) < 4.78 is 32.7. The minimum atomic E-state index is -3.03. The van der Waals surface area contributed by atoms with Gasteiger partial charge >= 0.3 is 6.09 Å². The second kappa shape index (κ2) is 9.12. The molecule has 2 rings (SSSR count). The number of rotatable bonds is 5. The fourth-order valence-electron chi connectivity index (χ4n) is 2.98. The first kappa shape index (κ1) is 23.8. The third-order valence-electron chi connectivity index (χ3n) is 4.45. The number of hydrogen-bond donors (Lipinski definition) is 1. The zero-order valence-electron chi connectivity index (χ0n) is 18.0. The predicted molar refractivity (Wildman–Crippen MR) is 115 cm³/mol. The molecule has 8 heteroatoms. The van der Waals surface area contributed by atoms with Gasteiger partial charge in [-0.05, 0) is 51.8 Å². The molecule has 0 aromatic carbocycles. The van der Waals surface area contributed by atoms with E-state index in [4.69, 9.17) is 4.74 Å². The molecule has 0 aliphatic carbocycles. The van der Waals surface area contributed by atoms with Gasteiger partial charge in [-0.2, -0.15) is 0 Å². The lowest BCUT2D eigenvalue weighted by Crippen LogP contribution is -2.39. The lowest BCUT2D eigenvalue weighted by molar-refractivity contribution is 0.0226. The van der Waals surface area contributed by atoms with Crippen LogP contribution < -0.4 is 5.32 Å². The highest BCUT2D eigenvalue weighted by Crippen LogP contribution is 2.30. The first-order valence-corrected chi connectivity index (χ1v) is 10.5. The van der Waals surface area contributed by atoms with E-state index in [1.54, 1.807) is 10.3 Å². The van der Waals surface area contributed by atoms with Crippen LogP contribution in [0.1, 0.15) is 55.4 Å². The predicted octanol–water partition coefficient (Wildman–Crippen LogP) is 5.44. The molecule has 2 heterocycles. The van der Waals surface area contributed by atoms with Crippen LogP contribution in [-0.2, 0) is 17.7 Å². The molecule has 0 spiro atoms. The molecule has 0 unspecified atom stereocenters. The van der Waals surface area contributed by atoms with Crippen molar-refractivity contribution in [2.24, 2.45) is 0 Å². The highest BCUT2D eigenvalue weighted by atomic mass is 32.1. The number of allylic oxidation sites excluding steroid dienone is 4. The van der Waals surface area contributed by atoms with E-state index in [1.807, 2.05) is 20.8 Å². The summed E-state index contributed by atoms with van der Waals surface area (Å²) in [5.41, 5.74) is 0.760. The molecule has 1 aliphatic heterocycles. The Kier molecular flexibility index (Phi) is 7.23. The Morgan fingerprint density at radius 1 is 1.30 bits per heavy atom. The average molecular weight is 439 g/mol. The summed E-state index contributed by atoms with van der Waals surface area (Å²) in [5.74, 6) is -3.42. The summed E-state index contributed by atoms with van der Waals surface area (Å²) in [5, 5.41) is 4.38. The van der Waals surface area contributed by atoms with Crippen LogP contribution >= 0.6 is 11.3 Å². The van der Waals surface area contributed by atoms with Crippen LogP contribution in [0.25, 0.3) is 0 Å². The minimum Gasteiger partial charge on any atom is -0.444 e. The van der Waals surface area contributed by atoms with Crippen molar-refractivity contribution in [2.75, 3.05) is 6.54 Å². The van der Waals surface area contributed by atoms with E-state index >= 15 is 0 Å². The number of carbonyl (C=O) groups excluding carboxylic acids is 2. The van der Waals surface area contributed by atoms with Crippen molar-refractivity contribution in [3.63, 3.8) is 0 Å². The zero-order valence-corrected chi connectivity index (χ0v) is 18.8. The summed E-state index contributed by atoms with van der Waals surface area (Å²) in [4.78, 5) is 27.6. The first-order chi connectivity index (χ1) is 13.9. The first-order valence-electron chi connectivity index (χ1n) is 9.63. The SMILES string of the molecule is C=C/C(=C\C(=C/C)C(C)(F)F)NC(=O)c1csc2c1CCN(C(=O)OC(C)(C)C)C2. The summed E-state index contributed by atoms with van der Waals surface area (Å²) >= 11 is 1.39. The Balaban J connectivity index is 2.15. The van der Waals surface area contributed by atoms with Crippen LogP contribution in [0.4, 0.5) is 13.6 Å². The third kappa shape index (κ3) is 6.01. The standard InChI is InChI=1S/C22H28F2N2O3S/c1-7-14(22(6,23)24)11-15(8-2)25-19(27)17-13-30-18-12-26(10-9-16(17)18)20(28)29-21(3,4)5/h7-8,11,13H,2,9-10,12H2,1,3-6H3,(H,25,27)/b14-7+,15-11+.